The van der Waals surface area contributed by atoms with Crippen LogP contribution in [0.1, 0.15) is 43.8 Å². The number of nitrogens with zero attached hydrogens (tertiary/aromatic N) is 2. The van der Waals surface area contributed by atoms with Crippen molar-refractivity contribution < 1.29 is 4.39 Å². The smallest absolute Gasteiger partial charge is 0.143 e. The van der Waals surface area contributed by atoms with Crippen LogP contribution in [0, 0.1) is 5.82 Å². The molecular formula is C16H19ClFN3. The molecule has 0 spiro atoms. The molecule has 2 aromatic rings. The molecule has 0 atom stereocenters. The summed E-state index contributed by atoms with van der Waals surface area (Å²) in [5.74, 6) is -0.408. The lowest BCUT2D eigenvalue weighted by Gasteiger charge is -2.21. The topological polar surface area (TPSA) is 29.9 Å². The van der Waals surface area contributed by atoms with Gasteiger partial charge in [0.25, 0.3) is 0 Å². The van der Waals surface area contributed by atoms with Gasteiger partial charge >= 0.3 is 0 Å². The summed E-state index contributed by atoms with van der Waals surface area (Å²) in [6, 6.07) is 7.29. The molecule has 1 aromatic carbocycles. The van der Waals surface area contributed by atoms with Crippen LogP contribution >= 0.6 is 11.6 Å². The average molecular weight is 308 g/mol. The van der Waals surface area contributed by atoms with Crippen LogP contribution in [0.4, 0.5) is 10.1 Å². The Morgan fingerprint density at radius 2 is 2.05 bits per heavy atom. The Bertz CT molecular complexity index is 605. The Morgan fingerprint density at radius 1 is 1.24 bits per heavy atom. The predicted molar refractivity (Wildman–Crippen MR) is 83.1 cm³/mol. The molecule has 1 aliphatic rings. The third-order valence-electron chi connectivity index (χ3n) is 4.01. The highest BCUT2D eigenvalue weighted by atomic mass is 35.5. The van der Waals surface area contributed by atoms with E-state index in [1.165, 1.54) is 38.2 Å². The molecule has 5 heteroatoms. The monoisotopic (exact) mass is 307 g/mol. The van der Waals surface area contributed by atoms with Crippen LogP contribution in [-0.4, -0.2) is 9.78 Å². The molecule has 112 valence electrons. The molecule has 0 saturated heterocycles. The molecule has 1 heterocycles. The highest BCUT2D eigenvalue weighted by molar-refractivity contribution is 6.30. The maximum atomic E-state index is 13.4. The molecule has 21 heavy (non-hydrogen) atoms. The summed E-state index contributed by atoms with van der Waals surface area (Å²) in [7, 11) is 0. The van der Waals surface area contributed by atoms with Crippen molar-refractivity contribution in [1.82, 2.24) is 9.78 Å². The van der Waals surface area contributed by atoms with Gasteiger partial charge in [0, 0.05) is 11.9 Å². The molecule has 1 aliphatic carbocycles. The van der Waals surface area contributed by atoms with Gasteiger partial charge in [-0.25, -0.2) is 4.39 Å². The highest BCUT2D eigenvalue weighted by Crippen LogP contribution is 2.27. The average Bonchev–Trinajstić information content (AvgIpc) is 2.98. The zero-order valence-electron chi connectivity index (χ0n) is 11.9. The van der Waals surface area contributed by atoms with Crippen molar-refractivity contribution in [2.45, 2.75) is 44.7 Å². The van der Waals surface area contributed by atoms with E-state index in [4.69, 9.17) is 11.6 Å². The fraction of sp³-hybridized carbons (Fsp3) is 0.438. The van der Waals surface area contributed by atoms with Gasteiger partial charge in [-0.3, -0.25) is 4.68 Å². The Morgan fingerprint density at radius 3 is 2.81 bits per heavy atom. The van der Waals surface area contributed by atoms with Gasteiger partial charge in [0.1, 0.15) is 5.82 Å². The SMILES string of the molecule is Fc1cc(NCc2ccn(C3CCCCC3)n2)ccc1Cl. The number of aromatic nitrogens is 2. The second kappa shape index (κ2) is 6.48. The Balaban J connectivity index is 1.60. The summed E-state index contributed by atoms with van der Waals surface area (Å²) >= 11 is 5.67. The molecular weight excluding hydrogens is 289 g/mol. The van der Waals surface area contributed by atoms with E-state index in [1.807, 2.05) is 6.07 Å². The van der Waals surface area contributed by atoms with Crippen LogP contribution in [0.25, 0.3) is 0 Å². The zero-order valence-corrected chi connectivity index (χ0v) is 12.6. The molecule has 1 N–H and O–H groups in total. The van der Waals surface area contributed by atoms with E-state index in [0.717, 1.165) is 5.69 Å². The van der Waals surface area contributed by atoms with Gasteiger partial charge in [0.2, 0.25) is 0 Å². The normalized spacial score (nSPS) is 16.1. The lowest BCUT2D eigenvalue weighted by atomic mass is 9.96. The fourth-order valence-electron chi connectivity index (χ4n) is 2.82. The second-order valence-electron chi connectivity index (χ2n) is 5.56. The van der Waals surface area contributed by atoms with E-state index in [2.05, 4.69) is 21.3 Å². The number of anilines is 1. The third kappa shape index (κ3) is 3.56. The standard InChI is InChI=1S/C16H19ClFN3/c17-15-7-6-12(10-16(15)18)19-11-13-8-9-21(20-13)14-4-2-1-3-5-14/h6-10,14,19H,1-5,11H2. The van der Waals surface area contributed by atoms with E-state index in [0.29, 0.717) is 18.3 Å². The van der Waals surface area contributed by atoms with Crippen LogP contribution in [0.15, 0.2) is 30.5 Å². The highest BCUT2D eigenvalue weighted by Gasteiger charge is 2.15. The molecule has 1 aromatic heterocycles. The van der Waals surface area contributed by atoms with Gasteiger partial charge in [0.15, 0.2) is 0 Å². The van der Waals surface area contributed by atoms with E-state index < -0.39 is 5.82 Å². The largest absolute Gasteiger partial charge is 0.379 e. The Kier molecular flexibility index (Phi) is 4.44. The number of benzene rings is 1. The summed E-state index contributed by atoms with van der Waals surface area (Å²) < 4.78 is 15.4. The summed E-state index contributed by atoms with van der Waals surface area (Å²) in [5.41, 5.74) is 1.68. The zero-order chi connectivity index (χ0) is 14.7. The van der Waals surface area contributed by atoms with E-state index in [1.54, 1.807) is 12.1 Å². The van der Waals surface area contributed by atoms with E-state index >= 15 is 0 Å². The minimum atomic E-state index is -0.408. The van der Waals surface area contributed by atoms with Gasteiger partial charge in [-0.1, -0.05) is 30.9 Å². The molecule has 0 aliphatic heterocycles. The van der Waals surface area contributed by atoms with Crippen molar-refractivity contribution in [2.75, 3.05) is 5.32 Å². The first-order valence-corrected chi connectivity index (χ1v) is 7.83. The van der Waals surface area contributed by atoms with E-state index in [-0.39, 0.29) is 5.02 Å². The minimum Gasteiger partial charge on any atom is -0.379 e. The van der Waals surface area contributed by atoms with Crippen molar-refractivity contribution in [3.8, 4) is 0 Å². The summed E-state index contributed by atoms with van der Waals surface area (Å²) in [6.45, 7) is 0.584. The van der Waals surface area contributed by atoms with Crippen molar-refractivity contribution in [3.05, 3.63) is 47.0 Å². The van der Waals surface area contributed by atoms with Gasteiger partial charge in [-0.15, -0.1) is 0 Å². The van der Waals surface area contributed by atoms with Gasteiger partial charge in [0.05, 0.1) is 23.3 Å². The fourth-order valence-corrected chi connectivity index (χ4v) is 2.94. The molecule has 1 fully saturated rings. The van der Waals surface area contributed by atoms with Crippen LogP contribution in [-0.2, 0) is 6.54 Å². The number of nitrogens with one attached hydrogen (secondary N) is 1. The van der Waals surface area contributed by atoms with Gasteiger partial charge in [-0.05, 0) is 37.1 Å². The first kappa shape index (κ1) is 14.4. The molecule has 3 nitrogen and oxygen atoms in total. The summed E-state index contributed by atoms with van der Waals surface area (Å²) in [4.78, 5) is 0. The Hall–Kier alpha value is -1.55. The minimum absolute atomic E-state index is 0.141. The quantitative estimate of drug-likeness (QED) is 0.880. The number of hydrogen-bond acceptors (Lipinski definition) is 2. The molecule has 0 unspecified atom stereocenters. The number of halogens is 2. The maximum Gasteiger partial charge on any atom is 0.143 e. The predicted octanol–water partition coefficient (Wildman–Crippen LogP) is 4.79. The van der Waals surface area contributed by atoms with Crippen molar-refractivity contribution in [3.63, 3.8) is 0 Å². The summed E-state index contributed by atoms with van der Waals surface area (Å²) in [5, 5.41) is 7.93. The molecule has 0 amide bonds. The van der Waals surface area contributed by atoms with Crippen LogP contribution in [0.2, 0.25) is 5.02 Å². The van der Waals surface area contributed by atoms with Gasteiger partial charge in [-0.2, -0.15) is 5.10 Å². The lowest BCUT2D eigenvalue weighted by molar-refractivity contribution is 0.328. The van der Waals surface area contributed by atoms with Gasteiger partial charge < -0.3 is 5.32 Å². The molecule has 3 rings (SSSR count). The Labute approximate surface area is 129 Å². The van der Waals surface area contributed by atoms with Crippen LogP contribution < -0.4 is 5.32 Å². The van der Waals surface area contributed by atoms with Crippen molar-refractivity contribution >= 4 is 17.3 Å². The van der Waals surface area contributed by atoms with Crippen LogP contribution in [0.5, 0.6) is 0 Å². The first-order chi connectivity index (χ1) is 10.2. The van der Waals surface area contributed by atoms with Crippen molar-refractivity contribution in [1.29, 1.82) is 0 Å². The van der Waals surface area contributed by atoms with Crippen LogP contribution in [0.3, 0.4) is 0 Å². The summed E-state index contributed by atoms with van der Waals surface area (Å²) in [6.07, 6.45) is 8.42. The second-order valence-corrected chi connectivity index (χ2v) is 5.97. The number of hydrogen-bond donors (Lipinski definition) is 1. The third-order valence-corrected chi connectivity index (χ3v) is 4.31. The van der Waals surface area contributed by atoms with E-state index in [9.17, 15) is 4.39 Å². The molecule has 1 saturated carbocycles. The first-order valence-electron chi connectivity index (χ1n) is 7.45. The maximum absolute atomic E-state index is 13.4. The number of rotatable bonds is 4. The molecule has 0 radical (unpaired) electrons. The van der Waals surface area contributed by atoms with Crippen molar-refractivity contribution in [2.24, 2.45) is 0 Å². The lowest BCUT2D eigenvalue weighted by Crippen LogP contribution is -2.13. The molecule has 0 bridgehead atoms.